The fourth-order valence-corrected chi connectivity index (χ4v) is 3.16. The van der Waals surface area contributed by atoms with Gasteiger partial charge >= 0.3 is 5.97 Å². The summed E-state index contributed by atoms with van der Waals surface area (Å²) in [6.07, 6.45) is 2.75. The summed E-state index contributed by atoms with van der Waals surface area (Å²) in [5.41, 5.74) is 0.856. The molecule has 2 aromatic heterocycles. The van der Waals surface area contributed by atoms with Gasteiger partial charge in [0.15, 0.2) is 11.5 Å². The van der Waals surface area contributed by atoms with E-state index in [0.29, 0.717) is 11.6 Å². The van der Waals surface area contributed by atoms with Crippen LogP contribution in [0.5, 0.6) is 0 Å². The second-order valence-corrected chi connectivity index (χ2v) is 5.20. The Morgan fingerprint density at radius 2 is 2.47 bits per heavy atom. The van der Waals surface area contributed by atoms with Crippen LogP contribution in [0.3, 0.4) is 0 Å². The minimum absolute atomic E-state index is 0.247. The number of carboxylic acids is 1. The molecule has 1 unspecified atom stereocenters. The van der Waals surface area contributed by atoms with Crippen molar-refractivity contribution in [2.75, 3.05) is 11.5 Å². The molecule has 17 heavy (non-hydrogen) atoms. The molecule has 3 rings (SSSR count). The Labute approximate surface area is 102 Å². The molecule has 0 bridgehead atoms. The van der Waals surface area contributed by atoms with E-state index in [9.17, 15) is 4.79 Å². The first-order chi connectivity index (χ1) is 8.24. The lowest BCUT2D eigenvalue weighted by Gasteiger charge is -1.99. The highest BCUT2D eigenvalue weighted by Crippen LogP contribution is 2.30. The van der Waals surface area contributed by atoms with E-state index in [0.717, 1.165) is 23.8 Å². The van der Waals surface area contributed by atoms with Gasteiger partial charge in [-0.2, -0.15) is 16.9 Å². The highest BCUT2D eigenvalue weighted by atomic mass is 32.2. The van der Waals surface area contributed by atoms with E-state index >= 15 is 0 Å². The topological polar surface area (TPSA) is 67.5 Å². The van der Waals surface area contributed by atoms with Crippen molar-refractivity contribution in [2.45, 2.75) is 12.3 Å². The van der Waals surface area contributed by atoms with Gasteiger partial charge in [0.05, 0.1) is 5.56 Å². The van der Waals surface area contributed by atoms with Crippen molar-refractivity contribution in [3.8, 4) is 0 Å². The van der Waals surface area contributed by atoms with Gasteiger partial charge in [-0.25, -0.2) is 14.3 Å². The molecule has 3 heterocycles. The molecular formula is C11H11N3O2S. The van der Waals surface area contributed by atoms with Crippen molar-refractivity contribution >= 4 is 23.4 Å². The zero-order valence-corrected chi connectivity index (χ0v) is 9.85. The molecule has 0 amide bonds. The SMILES string of the molecule is O=C(O)c1ccn2nc(C3CCSC3)nc2c1. The van der Waals surface area contributed by atoms with E-state index in [4.69, 9.17) is 5.11 Å². The highest BCUT2D eigenvalue weighted by molar-refractivity contribution is 7.99. The summed E-state index contributed by atoms with van der Waals surface area (Å²) < 4.78 is 1.64. The van der Waals surface area contributed by atoms with Gasteiger partial charge in [0.1, 0.15) is 0 Å². The Hall–Kier alpha value is -1.56. The predicted molar refractivity (Wildman–Crippen MR) is 64.6 cm³/mol. The van der Waals surface area contributed by atoms with Gasteiger partial charge in [-0.1, -0.05) is 0 Å². The fraction of sp³-hybridized carbons (Fsp3) is 0.364. The predicted octanol–water partition coefficient (Wildman–Crippen LogP) is 1.65. The largest absolute Gasteiger partial charge is 0.478 e. The third-order valence-corrected chi connectivity index (χ3v) is 4.06. The van der Waals surface area contributed by atoms with E-state index in [1.807, 2.05) is 11.8 Å². The van der Waals surface area contributed by atoms with Gasteiger partial charge in [-0.15, -0.1) is 0 Å². The van der Waals surface area contributed by atoms with Crippen molar-refractivity contribution in [3.63, 3.8) is 0 Å². The minimum atomic E-state index is -0.937. The van der Waals surface area contributed by atoms with Gasteiger partial charge < -0.3 is 5.11 Å². The number of carboxylic acid groups (broad SMARTS) is 1. The smallest absolute Gasteiger partial charge is 0.335 e. The summed E-state index contributed by atoms with van der Waals surface area (Å²) in [5.74, 6) is 2.52. The molecule has 0 radical (unpaired) electrons. The van der Waals surface area contributed by atoms with Gasteiger partial charge in [-0.05, 0) is 24.3 Å². The van der Waals surface area contributed by atoms with E-state index in [2.05, 4.69) is 10.1 Å². The quantitative estimate of drug-likeness (QED) is 0.876. The van der Waals surface area contributed by atoms with Crippen LogP contribution >= 0.6 is 11.8 Å². The number of hydrogen-bond donors (Lipinski definition) is 1. The zero-order valence-electron chi connectivity index (χ0n) is 9.04. The zero-order chi connectivity index (χ0) is 11.8. The van der Waals surface area contributed by atoms with E-state index in [-0.39, 0.29) is 5.56 Å². The third-order valence-electron chi connectivity index (χ3n) is 2.90. The van der Waals surface area contributed by atoms with Gasteiger partial charge in [-0.3, -0.25) is 0 Å². The molecule has 1 aliphatic rings. The molecule has 0 aromatic carbocycles. The summed E-state index contributed by atoms with van der Waals surface area (Å²) in [6, 6.07) is 3.10. The Bertz CT molecular complexity index is 575. The molecule has 6 heteroatoms. The summed E-state index contributed by atoms with van der Waals surface area (Å²) in [5, 5.41) is 13.3. The molecule has 5 nitrogen and oxygen atoms in total. The van der Waals surface area contributed by atoms with Gasteiger partial charge in [0.2, 0.25) is 0 Å². The average Bonchev–Trinajstić information content (AvgIpc) is 2.96. The number of fused-ring (bicyclic) bond motifs is 1. The number of hydrogen-bond acceptors (Lipinski definition) is 4. The maximum absolute atomic E-state index is 10.8. The maximum Gasteiger partial charge on any atom is 0.335 e. The van der Waals surface area contributed by atoms with Crippen LogP contribution in [0.25, 0.3) is 5.65 Å². The van der Waals surface area contributed by atoms with Gasteiger partial charge in [0.25, 0.3) is 0 Å². The van der Waals surface area contributed by atoms with Crippen molar-refractivity contribution < 1.29 is 9.90 Å². The lowest BCUT2D eigenvalue weighted by molar-refractivity contribution is 0.0697. The van der Waals surface area contributed by atoms with Crippen molar-refractivity contribution in [2.24, 2.45) is 0 Å². The normalized spacial score (nSPS) is 19.9. The molecule has 88 valence electrons. The molecule has 0 saturated carbocycles. The lowest BCUT2D eigenvalue weighted by Crippen LogP contribution is -1.99. The van der Waals surface area contributed by atoms with E-state index in [1.165, 1.54) is 6.07 Å². The van der Waals surface area contributed by atoms with Crippen LogP contribution < -0.4 is 0 Å². The molecule has 0 spiro atoms. The van der Waals surface area contributed by atoms with Crippen LogP contribution in [0, 0.1) is 0 Å². The summed E-state index contributed by atoms with van der Waals surface area (Å²) in [4.78, 5) is 15.3. The average molecular weight is 249 g/mol. The van der Waals surface area contributed by atoms with Crippen LogP contribution in [-0.4, -0.2) is 37.2 Å². The molecule has 1 aliphatic heterocycles. The molecule has 1 saturated heterocycles. The third kappa shape index (κ3) is 1.88. The van der Waals surface area contributed by atoms with Crippen LogP contribution in [0.4, 0.5) is 0 Å². The molecule has 2 aromatic rings. The van der Waals surface area contributed by atoms with Crippen LogP contribution in [-0.2, 0) is 0 Å². The van der Waals surface area contributed by atoms with Crippen molar-refractivity contribution in [3.05, 3.63) is 29.7 Å². The van der Waals surface area contributed by atoms with Crippen LogP contribution in [0.2, 0.25) is 0 Å². The summed E-state index contributed by atoms with van der Waals surface area (Å²) >= 11 is 1.91. The van der Waals surface area contributed by atoms with Crippen LogP contribution in [0.15, 0.2) is 18.3 Å². The molecular weight excluding hydrogens is 238 g/mol. The summed E-state index contributed by atoms with van der Waals surface area (Å²) in [7, 11) is 0. The number of aromatic nitrogens is 3. The number of rotatable bonds is 2. The number of thioether (sulfide) groups is 1. The Morgan fingerprint density at radius 1 is 1.59 bits per heavy atom. The molecule has 0 aliphatic carbocycles. The first-order valence-electron chi connectivity index (χ1n) is 5.41. The number of nitrogens with zero attached hydrogens (tertiary/aromatic N) is 3. The summed E-state index contributed by atoms with van der Waals surface area (Å²) in [6.45, 7) is 0. The minimum Gasteiger partial charge on any atom is -0.478 e. The monoisotopic (exact) mass is 249 g/mol. The first kappa shape index (κ1) is 10.6. The second-order valence-electron chi connectivity index (χ2n) is 4.05. The van der Waals surface area contributed by atoms with E-state index in [1.54, 1.807) is 16.8 Å². The maximum atomic E-state index is 10.8. The number of carbonyl (C=O) groups is 1. The van der Waals surface area contributed by atoms with Gasteiger partial charge in [0, 0.05) is 17.9 Å². The standard InChI is InChI=1S/C11H11N3O2S/c15-11(16)7-1-3-14-9(5-7)12-10(13-14)8-2-4-17-6-8/h1,3,5,8H,2,4,6H2,(H,15,16). The molecule has 1 fully saturated rings. The fourth-order valence-electron chi connectivity index (χ4n) is 1.94. The Morgan fingerprint density at radius 3 is 3.18 bits per heavy atom. The molecule has 1 N–H and O–H groups in total. The first-order valence-corrected chi connectivity index (χ1v) is 6.57. The lowest BCUT2D eigenvalue weighted by atomic mass is 10.1. The van der Waals surface area contributed by atoms with Crippen molar-refractivity contribution in [1.82, 2.24) is 14.6 Å². The number of pyridine rings is 1. The second kappa shape index (κ2) is 4.03. The van der Waals surface area contributed by atoms with Crippen LogP contribution in [0.1, 0.15) is 28.5 Å². The Kier molecular flexibility index (Phi) is 2.51. The highest BCUT2D eigenvalue weighted by Gasteiger charge is 2.22. The Balaban J connectivity index is 2.03. The van der Waals surface area contributed by atoms with Crippen molar-refractivity contribution in [1.29, 1.82) is 0 Å². The molecule has 1 atom stereocenters. The number of aromatic carboxylic acids is 1. The van der Waals surface area contributed by atoms with E-state index < -0.39 is 5.97 Å².